The lowest BCUT2D eigenvalue weighted by molar-refractivity contribution is -0.122. The van der Waals surface area contributed by atoms with Gasteiger partial charge in [-0.3, -0.25) is 9.69 Å². The highest BCUT2D eigenvalue weighted by atomic mass is 35.5. The molecule has 0 unspecified atom stereocenters. The standard InChI is InChI=1S/C19H19Cl2N3O/c20-14-5-3-4-13(17(14)21)12-24-10-8-19(9-11-24)18(25)22-15-6-1-2-7-16(15)23-19/h1-7,23H,8-12H2,(H,22,25). The number of piperidine rings is 1. The van der Waals surface area contributed by atoms with Crippen LogP contribution in [-0.4, -0.2) is 29.4 Å². The Bertz CT molecular complexity index is 816. The Kier molecular flexibility index (Phi) is 4.36. The van der Waals surface area contributed by atoms with Gasteiger partial charge in [-0.15, -0.1) is 0 Å². The average molecular weight is 376 g/mol. The van der Waals surface area contributed by atoms with Crippen LogP contribution in [0.1, 0.15) is 18.4 Å². The first-order valence-electron chi connectivity index (χ1n) is 8.41. The SMILES string of the molecule is O=C1Nc2ccccc2NC12CCN(Cc1cccc(Cl)c1Cl)CC2. The number of fused-ring (bicyclic) bond motifs is 1. The predicted octanol–water partition coefficient (Wildman–Crippen LogP) is 4.39. The monoisotopic (exact) mass is 375 g/mol. The number of para-hydroxylation sites is 2. The van der Waals surface area contributed by atoms with Crippen molar-refractivity contribution in [2.45, 2.75) is 24.9 Å². The number of halogens is 2. The molecule has 0 bridgehead atoms. The van der Waals surface area contributed by atoms with Crippen LogP contribution < -0.4 is 10.6 Å². The molecule has 6 heteroatoms. The third kappa shape index (κ3) is 3.10. The van der Waals surface area contributed by atoms with Gasteiger partial charge in [-0.05, 0) is 36.6 Å². The first-order valence-corrected chi connectivity index (χ1v) is 9.17. The van der Waals surface area contributed by atoms with Gasteiger partial charge >= 0.3 is 0 Å². The molecule has 0 aliphatic carbocycles. The Hall–Kier alpha value is -1.75. The van der Waals surface area contributed by atoms with E-state index in [2.05, 4.69) is 15.5 Å². The van der Waals surface area contributed by atoms with Crippen LogP contribution in [0.2, 0.25) is 10.0 Å². The van der Waals surface area contributed by atoms with E-state index in [1.807, 2.05) is 36.4 Å². The number of carbonyl (C=O) groups excluding carboxylic acids is 1. The number of anilines is 2. The summed E-state index contributed by atoms with van der Waals surface area (Å²) < 4.78 is 0. The molecule has 0 saturated carbocycles. The largest absolute Gasteiger partial charge is 0.369 e. The molecule has 0 radical (unpaired) electrons. The third-order valence-corrected chi connectivity index (χ3v) is 5.98. The van der Waals surface area contributed by atoms with Crippen molar-refractivity contribution in [1.82, 2.24) is 4.90 Å². The summed E-state index contributed by atoms with van der Waals surface area (Å²) in [7, 11) is 0. The summed E-state index contributed by atoms with van der Waals surface area (Å²) in [5.74, 6) is 0.0617. The van der Waals surface area contributed by atoms with Gasteiger partial charge in [0, 0.05) is 19.6 Å². The molecule has 2 aliphatic rings. The van der Waals surface area contributed by atoms with E-state index in [1.165, 1.54) is 0 Å². The zero-order valence-corrected chi connectivity index (χ0v) is 15.2. The Morgan fingerprint density at radius 2 is 1.72 bits per heavy atom. The molecule has 1 amide bonds. The smallest absolute Gasteiger partial charge is 0.250 e. The molecule has 0 aromatic heterocycles. The van der Waals surface area contributed by atoms with Gasteiger partial charge in [-0.2, -0.15) is 0 Å². The minimum absolute atomic E-state index is 0.0617. The van der Waals surface area contributed by atoms with E-state index in [-0.39, 0.29) is 5.91 Å². The quantitative estimate of drug-likeness (QED) is 0.817. The number of rotatable bonds is 2. The van der Waals surface area contributed by atoms with Gasteiger partial charge in [0.15, 0.2) is 0 Å². The molecule has 2 aromatic carbocycles. The Balaban J connectivity index is 1.46. The molecule has 4 rings (SSSR count). The Morgan fingerprint density at radius 3 is 2.48 bits per heavy atom. The molecule has 0 atom stereocenters. The molecule has 2 aliphatic heterocycles. The van der Waals surface area contributed by atoms with E-state index >= 15 is 0 Å². The molecular weight excluding hydrogens is 357 g/mol. The van der Waals surface area contributed by atoms with Crippen LogP contribution in [0.25, 0.3) is 0 Å². The third-order valence-electron chi connectivity index (χ3n) is 5.12. The van der Waals surface area contributed by atoms with Crippen molar-refractivity contribution in [3.63, 3.8) is 0 Å². The van der Waals surface area contributed by atoms with Gasteiger partial charge in [0.25, 0.3) is 0 Å². The number of carbonyl (C=O) groups is 1. The van der Waals surface area contributed by atoms with E-state index in [0.29, 0.717) is 10.0 Å². The minimum atomic E-state index is -0.525. The minimum Gasteiger partial charge on any atom is -0.369 e. The van der Waals surface area contributed by atoms with Crippen molar-refractivity contribution in [1.29, 1.82) is 0 Å². The molecule has 25 heavy (non-hydrogen) atoms. The van der Waals surface area contributed by atoms with Crippen LogP contribution in [0, 0.1) is 0 Å². The maximum atomic E-state index is 12.7. The lowest BCUT2D eigenvalue weighted by Crippen LogP contribution is -2.58. The molecule has 2 N–H and O–H groups in total. The van der Waals surface area contributed by atoms with Crippen molar-refractivity contribution in [3.05, 3.63) is 58.1 Å². The molecule has 2 aromatic rings. The van der Waals surface area contributed by atoms with Crippen molar-refractivity contribution in [3.8, 4) is 0 Å². The fourth-order valence-corrected chi connectivity index (χ4v) is 3.99. The fourth-order valence-electron chi connectivity index (χ4n) is 3.61. The number of hydrogen-bond acceptors (Lipinski definition) is 3. The van der Waals surface area contributed by atoms with Gasteiger partial charge < -0.3 is 10.6 Å². The summed E-state index contributed by atoms with van der Waals surface area (Å²) >= 11 is 12.4. The zero-order chi connectivity index (χ0) is 17.4. The first kappa shape index (κ1) is 16.7. The molecule has 2 heterocycles. The van der Waals surface area contributed by atoms with E-state index < -0.39 is 5.54 Å². The van der Waals surface area contributed by atoms with Crippen molar-refractivity contribution < 1.29 is 4.79 Å². The maximum absolute atomic E-state index is 12.7. The number of likely N-dealkylation sites (tertiary alicyclic amines) is 1. The van der Waals surface area contributed by atoms with Crippen molar-refractivity contribution in [2.24, 2.45) is 0 Å². The zero-order valence-electron chi connectivity index (χ0n) is 13.7. The van der Waals surface area contributed by atoms with Crippen LogP contribution in [0.15, 0.2) is 42.5 Å². The molecule has 1 fully saturated rings. The van der Waals surface area contributed by atoms with Crippen LogP contribution in [0.3, 0.4) is 0 Å². The Labute approximate surface area is 157 Å². The van der Waals surface area contributed by atoms with Gasteiger partial charge in [-0.25, -0.2) is 0 Å². The van der Waals surface area contributed by atoms with E-state index in [1.54, 1.807) is 6.07 Å². The van der Waals surface area contributed by atoms with Crippen molar-refractivity contribution >= 4 is 40.5 Å². The summed E-state index contributed by atoms with van der Waals surface area (Å²) in [5, 5.41) is 7.72. The van der Waals surface area contributed by atoms with Gasteiger partial charge in [-0.1, -0.05) is 47.5 Å². The number of hydrogen-bond donors (Lipinski definition) is 2. The second-order valence-electron chi connectivity index (χ2n) is 6.70. The maximum Gasteiger partial charge on any atom is 0.250 e. The normalized spacial score (nSPS) is 19.2. The number of amides is 1. The molecule has 1 spiro atoms. The average Bonchev–Trinajstić information content (AvgIpc) is 2.62. The highest BCUT2D eigenvalue weighted by Crippen LogP contribution is 2.37. The Morgan fingerprint density at radius 1 is 1.00 bits per heavy atom. The van der Waals surface area contributed by atoms with Crippen LogP contribution in [-0.2, 0) is 11.3 Å². The highest BCUT2D eigenvalue weighted by Gasteiger charge is 2.44. The summed E-state index contributed by atoms with van der Waals surface area (Å²) in [6.45, 7) is 2.39. The van der Waals surface area contributed by atoms with Crippen LogP contribution in [0.4, 0.5) is 11.4 Å². The van der Waals surface area contributed by atoms with Gasteiger partial charge in [0.2, 0.25) is 5.91 Å². The summed E-state index contributed by atoms with van der Waals surface area (Å²) in [6, 6.07) is 13.6. The van der Waals surface area contributed by atoms with E-state index in [4.69, 9.17) is 23.2 Å². The summed E-state index contributed by atoms with van der Waals surface area (Å²) in [5.41, 5.74) is 2.35. The topological polar surface area (TPSA) is 44.4 Å². The highest BCUT2D eigenvalue weighted by molar-refractivity contribution is 6.42. The summed E-state index contributed by atoms with van der Waals surface area (Å²) in [4.78, 5) is 15.0. The first-order chi connectivity index (χ1) is 12.1. The van der Waals surface area contributed by atoms with E-state index in [0.717, 1.165) is 49.4 Å². The fraction of sp³-hybridized carbons (Fsp3) is 0.316. The van der Waals surface area contributed by atoms with Crippen LogP contribution in [0.5, 0.6) is 0 Å². The van der Waals surface area contributed by atoms with E-state index in [9.17, 15) is 4.79 Å². The number of benzene rings is 2. The number of nitrogens with zero attached hydrogens (tertiary/aromatic N) is 1. The molecule has 130 valence electrons. The second-order valence-corrected chi connectivity index (χ2v) is 7.48. The van der Waals surface area contributed by atoms with Gasteiger partial charge in [0.05, 0.1) is 21.4 Å². The molecular formula is C19H19Cl2N3O. The predicted molar refractivity (Wildman–Crippen MR) is 102 cm³/mol. The van der Waals surface area contributed by atoms with Crippen molar-refractivity contribution in [2.75, 3.05) is 23.7 Å². The summed E-state index contributed by atoms with van der Waals surface area (Å²) in [6.07, 6.45) is 1.51. The second kappa shape index (κ2) is 6.52. The lowest BCUT2D eigenvalue weighted by atomic mass is 9.84. The molecule has 4 nitrogen and oxygen atoms in total. The van der Waals surface area contributed by atoms with Crippen LogP contribution >= 0.6 is 23.2 Å². The van der Waals surface area contributed by atoms with Gasteiger partial charge in [0.1, 0.15) is 5.54 Å². The lowest BCUT2D eigenvalue weighted by Gasteiger charge is -2.44. The number of nitrogens with one attached hydrogen (secondary N) is 2. The molecule has 1 saturated heterocycles.